The fourth-order valence-corrected chi connectivity index (χ4v) is 3.66. The molecule has 0 unspecified atom stereocenters. The number of rotatable bonds is 4. The molecule has 3 aromatic heterocycles. The van der Waals surface area contributed by atoms with Crippen LogP contribution in [0.5, 0.6) is 0 Å². The van der Waals surface area contributed by atoms with E-state index in [0.29, 0.717) is 0 Å². The van der Waals surface area contributed by atoms with Gasteiger partial charge in [-0.15, -0.1) is 0 Å². The summed E-state index contributed by atoms with van der Waals surface area (Å²) in [5, 5.41) is 7.06. The summed E-state index contributed by atoms with van der Waals surface area (Å²) in [4.78, 5) is 18.7. The van der Waals surface area contributed by atoms with Crippen LogP contribution in [0.3, 0.4) is 0 Å². The Kier molecular flexibility index (Phi) is 3.96. The molecule has 27 heavy (non-hydrogen) atoms. The van der Waals surface area contributed by atoms with Gasteiger partial charge in [0.05, 0.1) is 16.8 Å². The molecule has 0 aliphatic heterocycles. The summed E-state index contributed by atoms with van der Waals surface area (Å²) in [5.74, 6) is -1.32. The van der Waals surface area contributed by atoms with E-state index >= 15 is 0 Å². The van der Waals surface area contributed by atoms with Crippen molar-refractivity contribution >= 4 is 32.5 Å². The van der Waals surface area contributed by atoms with Crippen LogP contribution < -0.4 is 5.32 Å². The number of amides is 1. The van der Waals surface area contributed by atoms with Crippen LogP contribution in [0.25, 0.3) is 10.9 Å². The van der Waals surface area contributed by atoms with Crippen LogP contribution in [-0.4, -0.2) is 33.5 Å². The van der Waals surface area contributed by atoms with Crippen LogP contribution in [-0.2, 0) is 10.0 Å². The second kappa shape index (κ2) is 6.32. The molecule has 0 fully saturated rings. The third-order valence-corrected chi connectivity index (χ3v) is 5.40. The minimum atomic E-state index is -3.95. The maximum absolute atomic E-state index is 12.8. The lowest BCUT2D eigenvalue weighted by Gasteiger charge is -2.05. The number of benzene rings is 1. The van der Waals surface area contributed by atoms with Crippen LogP contribution in [0.4, 0.5) is 10.1 Å². The van der Waals surface area contributed by atoms with Crippen molar-refractivity contribution in [2.45, 2.75) is 4.90 Å². The topological polar surface area (TPSA) is 110 Å². The predicted octanol–water partition coefficient (Wildman–Crippen LogP) is 2.39. The van der Waals surface area contributed by atoms with E-state index in [2.05, 4.69) is 20.4 Å². The van der Waals surface area contributed by atoms with Gasteiger partial charge in [-0.05, 0) is 42.5 Å². The molecule has 0 saturated heterocycles. The van der Waals surface area contributed by atoms with Gasteiger partial charge in [0, 0.05) is 23.3 Å². The van der Waals surface area contributed by atoms with Gasteiger partial charge in [-0.1, -0.05) is 0 Å². The van der Waals surface area contributed by atoms with Gasteiger partial charge < -0.3 is 10.3 Å². The van der Waals surface area contributed by atoms with Gasteiger partial charge in [-0.3, -0.25) is 4.79 Å². The number of halogens is 1. The third kappa shape index (κ3) is 3.17. The highest BCUT2D eigenvalue weighted by Crippen LogP contribution is 2.20. The number of aromatic amines is 1. The molecule has 136 valence electrons. The van der Waals surface area contributed by atoms with E-state index in [0.717, 1.165) is 27.3 Å². The molecule has 3 heterocycles. The summed E-state index contributed by atoms with van der Waals surface area (Å²) >= 11 is 0. The van der Waals surface area contributed by atoms with Crippen molar-refractivity contribution in [3.63, 3.8) is 0 Å². The summed E-state index contributed by atoms with van der Waals surface area (Å²) in [7, 11) is -3.95. The number of nitrogens with one attached hydrogen (secondary N) is 2. The average Bonchev–Trinajstić information content (AvgIpc) is 3.32. The van der Waals surface area contributed by atoms with E-state index in [-0.39, 0.29) is 16.3 Å². The fraction of sp³-hybridized carbons (Fsp3) is 0. The van der Waals surface area contributed by atoms with E-state index in [1.54, 1.807) is 18.3 Å². The highest BCUT2D eigenvalue weighted by Gasteiger charge is 2.20. The van der Waals surface area contributed by atoms with Gasteiger partial charge in [0.25, 0.3) is 15.9 Å². The molecular weight excluding hydrogens is 373 g/mol. The van der Waals surface area contributed by atoms with Gasteiger partial charge >= 0.3 is 0 Å². The second-order valence-corrected chi connectivity index (χ2v) is 7.42. The third-order valence-electron chi connectivity index (χ3n) is 3.85. The summed E-state index contributed by atoms with van der Waals surface area (Å²) in [6.45, 7) is 0. The number of anilines is 1. The zero-order valence-electron chi connectivity index (χ0n) is 13.6. The van der Waals surface area contributed by atoms with Crippen LogP contribution in [0.2, 0.25) is 0 Å². The molecule has 10 heteroatoms. The van der Waals surface area contributed by atoms with Gasteiger partial charge in [-0.25, -0.2) is 4.98 Å². The fourth-order valence-electron chi connectivity index (χ4n) is 2.51. The summed E-state index contributed by atoms with van der Waals surface area (Å²) in [6, 6.07) is 10.1. The number of hydrogen-bond donors (Lipinski definition) is 2. The Bertz CT molecular complexity index is 1250. The summed E-state index contributed by atoms with van der Waals surface area (Å²) in [6.07, 6.45) is 4.04. The molecule has 2 N–H and O–H groups in total. The molecule has 0 atom stereocenters. The molecule has 0 spiro atoms. The van der Waals surface area contributed by atoms with E-state index in [4.69, 9.17) is 0 Å². The Balaban J connectivity index is 1.60. The van der Waals surface area contributed by atoms with E-state index < -0.39 is 21.9 Å². The van der Waals surface area contributed by atoms with Gasteiger partial charge in [-0.2, -0.15) is 22.0 Å². The minimum absolute atomic E-state index is 0.0485. The molecule has 0 aliphatic carbocycles. The molecular formula is C17H12FN5O3S. The first-order valence-corrected chi connectivity index (χ1v) is 9.19. The monoisotopic (exact) mass is 385 g/mol. The Morgan fingerprint density at radius 3 is 2.78 bits per heavy atom. The van der Waals surface area contributed by atoms with Gasteiger partial charge in [0.2, 0.25) is 5.95 Å². The lowest BCUT2D eigenvalue weighted by atomic mass is 10.2. The summed E-state index contributed by atoms with van der Waals surface area (Å²) in [5.41, 5.74) is 0.963. The highest BCUT2D eigenvalue weighted by atomic mass is 32.2. The van der Waals surface area contributed by atoms with Crippen molar-refractivity contribution in [3.05, 3.63) is 72.7 Å². The number of aromatic nitrogens is 4. The van der Waals surface area contributed by atoms with Crippen molar-refractivity contribution in [2.75, 3.05) is 5.32 Å². The first-order valence-electron chi connectivity index (χ1n) is 7.75. The lowest BCUT2D eigenvalue weighted by molar-refractivity contribution is 0.102. The first-order chi connectivity index (χ1) is 12.9. The molecule has 0 aliphatic rings. The Morgan fingerprint density at radius 2 is 2.00 bits per heavy atom. The van der Waals surface area contributed by atoms with Gasteiger partial charge in [0.1, 0.15) is 0 Å². The molecule has 0 saturated carbocycles. The number of carbonyl (C=O) groups excluding carboxylic acids is 1. The van der Waals surface area contributed by atoms with Crippen molar-refractivity contribution in [3.8, 4) is 0 Å². The average molecular weight is 385 g/mol. The maximum Gasteiger partial charge on any atom is 0.282 e. The van der Waals surface area contributed by atoms with Crippen LogP contribution in [0, 0.1) is 5.95 Å². The molecule has 1 aromatic carbocycles. The zero-order valence-corrected chi connectivity index (χ0v) is 14.4. The Labute approximate surface area is 152 Å². The normalized spacial score (nSPS) is 11.6. The number of fused-ring (bicyclic) bond motifs is 1. The first kappa shape index (κ1) is 16.9. The zero-order chi connectivity index (χ0) is 19.0. The second-order valence-electron chi connectivity index (χ2n) is 5.63. The smallest absolute Gasteiger partial charge is 0.282 e. The van der Waals surface area contributed by atoms with E-state index in [1.807, 2.05) is 0 Å². The predicted molar refractivity (Wildman–Crippen MR) is 95.3 cm³/mol. The number of pyridine rings is 1. The number of nitrogens with zero attached hydrogens (tertiary/aromatic N) is 3. The van der Waals surface area contributed by atoms with Crippen LogP contribution >= 0.6 is 0 Å². The van der Waals surface area contributed by atoms with Crippen molar-refractivity contribution in [1.82, 2.24) is 19.2 Å². The SMILES string of the molecule is O=C(Nc1ccc(F)nc1)c1ccn(S(=O)(=O)c2ccc3[nH]ccc3c2)n1. The number of carbonyl (C=O) groups is 1. The standard InChI is InChI=1S/C17H12FN5O3S/c18-16-4-1-12(10-20-16)21-17(24)15-6-8-23(22-15)27(25,26)13-2-3-14-11(9-13)5-7-19-14/h1-10,19H,(H,21,24). The lowest BCUT2D eigenvalue weighted by Crippen LogP contribution is -2.17. The Hall–Kier alpha value is -3.53. The minimum Gasteiger partial charge on any atom is -0.361 e. The molecule has 8 nitrogen and oxygen atoms in total. The van der Waals surface area contributed by atoms with Crippen LogP contribution in [0.1, 0.15) is 10.5 Å². The highest BCUT2D eigenvalue weighted by molar-refractivity contribution is 7.89. The van der Waals surface area contributed by atoms with Crippen molar-refractivity contribution in [1.29, 1.82) is 0 Å². The maximum atomic E-state index is 12.8. The molecule has 1 amide bonds. The Morgan fingerprint density at radius 1 is 1.15 bits per heavy atom. The van der Waals surface area contributed by atoms with Crippen molar-refractivity contribution in [2.24, 2.45) is 0 Å². The van der Waals surface area contributed by atoms with Crippen molar-refractivity contribution < 1.29 is 17.6 Å². The molecule has 4 aromatic rings. The van der Waals surface area contributed by atoms with Gasteiger partial charge in [0.15, 0.2) is 5.69 Å². The largest absolute Gasteiger partial charge is 0.361 e. The summed E-state index contributed by atoms with van der Waals surface area (Å²) < 4.78 is 39.0. The quantitative estimate of drug-likeness (QED) is 0.524. The molecule has 0 radical (unpaired) electrons. The number of hydrogen-bond acceptors (Lipinski definition) is 5. The molecule has 0 bridgehead atoms. The van der Waals surface area contributed by atoms with E-state index in [1.165, 1.54) is 30.5 Å². The molecule has 4 rings (SSSR count). The number of H-pyrrole nitrogens is 1. The van der Waals surface area contributed by atoms with Crippen LogP contribution in [0.15, 0.2) is 66.0 Å². The van der Waals surface area contributed by atoms with E-state index in [9.17, 15) is 17.6 Å².